The molecule has 3 aliphatic rings. The summed E-state index contributed by atoms with van der Waals surface area (Å²) in [5.41, 5.74) is 1.21. The van der Waals surface area contributed by atoms with Crippen molar-refractivity contribution in [2.75, 3.05) is 26.2 Å². The summed E-state index contributed by atoms with van der Waals surface area (Å²) in [4.78, 5) is 0. The van der Waals surface area contributed by atoms with E-state index >= 15 is 0 Å². The van der Waals surface area contributed by atoms with Gasteiger partial charge in [-0.2, -0.15) is 0 Å². The molecule has 0 aromatic heterocycles. The van der Waals surface area contributed by atoms with E-state index in [1.807, 2.05) is 12.1 Å². The molecule has 0 amide bonds. The lowest BCUT2D eigenvalue weighted by atomic mass is 9.64. The molecule has 0 radical (unpaired) electrons. The van der Waals surface area contributed by atoms with Gasteiger partial charge in [0, 0.05) is 18.8 Å². The summed E-state index contributed by atoms with van der Waals surface area (Å²) in [7, 11) is 0. The molecule has 0 aliphatic carbocycles. The Morgan fingerprint density at radius 3 is 1.88 bits per heavy atom. The van der Waals surface area contributed by atoms with Gasteiger partial charge in [-0.25, -0.2) is 0 Å². The van der Waals surface area contributed by atoms with E-state index in [2.05, 4.69) is 55.5 Å². The Bertz CT molecular complexity index is 634. The average molecular weight is 322 g/mol. The van der Waals surface area contributed by atoms with Gasteiger partial charge in [0.15, 0.2) is 0 Å². The minimum absolute atomic E-state index is 0.296. The highest BCUT2D eigenvalue weighted by atomic mass is 16.3. The second kappa shape index (κ2) is 6.02. The first-order valence-electron chi connectivity index (χ1n) is 9.36. The maximum Gasteiger partial charge on any atom is 0.123 e. The molecule has 3 saturated heterocycles. The van der Waals surface area contributed by atoms with Gasteiger partial charge in [0.25, 0.3) is 0 Å². The van der Waals surface area contributed by atoms with Crippen molar-refractivity contribution in [3.63, 3.8) is 0 Å². The molecule has 3 heterocycles. The molecular formula is C22H28NO+. The van der Waals surface area contributed by atoms with Gasteiger partial charge in [0.2, 0.25) is 0 Å². The van der Waals surface area contributed by atoms with Gasteiger partial charge in [0.1, 0.15) is 5.60 Å². The van der Waals surface area contributed by atoms with Crippen molar-refractivity contribution in [3.05, 3.63) is 71.8 Å². The van der Waals surface area contributed by atoms with Crippen LogP contribution in [0.4, 0.5) is 0 Å². The zero-order chi connectivity index (χ0) is 16.6. The summed E-state index contributed by atoms with van der Waals surface area (Å²) >= 11 is 0. The molecule has 0 saturated carbocycles. The van der Waals surface area contributed by atoms with E-state index in [0.717, 1.165) is 17.7 Å². The minimum Gasteiger partial charge on any atom is -0.380 e. The molecule has 1 atom stereocenters. The number of benzene rings is 2. The lowest BCUT2D eigenvalue weighted by molar-refractivity contribution is -0.946. The zero-order valence-corrected chi connectivity index (χ0v) is 14.6. The second-order valence-corrected chi connectivity index (χ2v) is 7.73. The molecule has 2 nitrogen and oxygen atoms in total. The summed E-state index contributed by atoms with van der Waals surface area (Å²) < 4.78 is 1.18. The average Bonchev–Trinajstić information content (AvgIpc) is 2.69. The molecule has 0 unspecified atom stereocenters. The van der Waals surface area contributed by atoms with Crippen molar-refractivity contribution in [2.24, 2.45) is 11.8 Å². The van der Waals surface area contributed by atoms with Crippen LogP contribution in [0.15, 0.2) is 60.7 Å². The number of hydrogen-bond donors (Lipinski definition) is 1. The van der Waals surface area contributed by atoms with Gasteiger partial charge in [-0.1, -0.05) is 60.7 Å². The Morgan fingerprint density at radius 2 is 1.42 bits per heavy atom. The van der Waals surface area contributed by atoms with Gasteiger partial charge >= 0.3 is 0 Å². The fourth-order valence-corrected chi connectivity index (χ4v) is 5.18. The highest BCUT2D eigenvalue weighted by Crippen LogP contribution is 2.49. The Balaban J connectivity index is 1.82. The summed E-state index contributed by atoms with van der Waals surface area (Å²) in [5.74, 6) is 0.923. The standard InChI is InChI=1S/C22H28NO/c1-2-23-15-13-18(14-16-23)21(17-23)22(24,19-9-5-3-6-10-19)20-11-7-4-8-12-20/h3-12,18,21,24H,2,13-17H2,1H3/q+1/t18?,21-,23?/m1/s1. The molecule has 2 aromatic carbocycles. The Kier molecular flexibility index (Phi) is 3.98. The van der Waals surface area contributed by atoms with Crippen LogP contribution >= 0.6 is 0 Å². The quantitative estimate of drug-likeness (QED) is 0.849. The molecular weight excluding hydrogens is 294 g/mol. The summed E-state index contributed by atoms with van der Waals surface area (Å²) in [6.45, 7) is 7.17. The van der Waals surface area contributed by atoms with Crippen molar-refractivity contribution in [2.45, 2.75) is 25.4 Å². The smallest absolute Gasteiger partial charge is 0.123 e. The fraction of sp³-hybridized carbons (Fsp3) is 0.455. The normalized spacial score (nSPS) is 29.6. The van der Waals surface area contributed by atoms with Crippen LogP contribution in [0.2, 0.25) is 0 Å². The van der Waals surface area contributed by atoms with E-state index in [4.69, 9.17) is 0 Å². The van der Waals surface area contributed by atoms with Crippen molar-refractivity contribution in [3.8, 4) is 0 Å². The number of hydrogen-bond acceptors (Lipinski definition) is 1. The van der Waals surface area contributed by atoms with E-state index < -0.39 is 5.60 Å². The zero-order valence-electron chi connectivity index (χ0n) is 14.6. The maximum absolute atomic E-state index is 12.1. The monoisotopic (exact) mass is 322 g/mol. The lowest BCUT2D eigenvalue weighted by Crippen LogP contribution is -2.65. The molecule has 3 aliphatic heterocycles. The topological polar surface area (TPSA) is 20.2 Å². The molecule has 2 bridgehead atoms. The van der Waals surface area contributed by atoms with Crippen LogP contribution in [-0.4, -0.2) is 35.8 Å². The fourth-order valence-electron chi connectivity index (χ4n) is 5.18. The number of rotatable bonds is 4. The molecule has 5 rings (SSSR count). The van der Waals surface area contributed by atoms with Gasteiger partial charge in [-0.05, 0) is 24.0 Å². The van der Waals surface area contributed by atoms with Crippen LogP contribution in [0.5, 0.6) is 0 Å². The van der Waals surface area contributed by atoms with Crippen LogP contribution in [0, 0.1) is 11.8 Å². The van der Waals surface area contributed by atoms with Crippen molar-refractivity contribution in [1.29, 1.82) is 0 Å². The molecule has 24 heavy (non-hydrogen) atoms. The summed E-state index contributed by atoms with van der Waals surface area (Å²) in [5, 5.41) is 12.1. The highest BCUT2D eigenvalue weighted by Gasteiger charge is 2.54. The third-order valence-corrected chi connectivity index (χ3v) is 6.74. The molecule has 126 valence electrons. The number of quaternary nitrogens is 1. The predicted octanol–water partition coefficient (Wildman–Crippen LogP) is 3.80. The first kappa shape index (κ1) is 15.9. The van der Waals surface area contributed by atoms with Crippen LogP contribution in [0.25, 0.3) is 0 Å². The van der Waals surface area contributed by atoms with E-state index in [1.54, 1.807) is 0 Å². The number of nitrogens with zero attached hydrogens (tertiary/aromatic N) is 1. The molecule has 2 heteroatoms. The largest absolute Gasteiger partial charge is 0.380 e. The van der Waals surface area contributed by atoms with Crippen LogP contribution in [-0.2, 0) is 5.60 Å². The predicted molar refractivity (Wildman–Crippen MR) is 97.5 cm³/mol. The SMILES string of the molecule is CC[N+]12CCC(CC1)[C@H](C(O)(c1ccccc1)c1ccccc1)C2. The summed E-state index contributed by atoms with van der Waals surface area (Å²) in [6.07, 6.45) is 2.50. The molecule has 3 fully saturated rings. The van der Waals surface area contributed by atoms with Crippen molar-refractivity contribution in [1.82, 2.24) is 0 Å². The van der Waals surface area contributed by atoms with Gasteiger partial charge in [0.05, 0.1) is 26.2 Å². The minimum atomic E-state index is -0.882. The third kappa shape index (κ3) is 2.40. The number of fused-ring (bicyclic) bond motifs is 3. The van der Waals surface area contributed by atoms with Gasteiger partial charge in [-0.15, -0.1) is 0 Å². The third-order valence-electron chi connectivity index (χ3n) is 6.74. The number of piperidine rings is 3. The lowest BCUT2D eigenvalue weighted by Gasteiger charge is -2.56. The Labute approximate surface area is 145 Å². The van der Waals surface area contributed by atoms with E-state index in [9.17, 15) is 5.11 Å². The van der Waals surface area contributed by atoms with Crippen LogP contribution in [0.1, 0.15) is 30.9 Å². The first-order valence-corrected chi connectivity index (χ1v) is 9.36. The van der Waals surface area contributed by atoms with Crippen molar-refractivity contribution < 1.29 is 9.59 Å². The van der Waals surface area contributed by atoms with E-state index in [1.165, 1.54) is 37.0 Å². The van der Waals surface area contributed by atoms with E-state index in [0.29, 0.717) is 11.8 Å². The van der Waals surface area contributed by atoms with Crippen LogP contribution < -0.4 is 0 Å². The summed E-state index contributed by atoms with van der Waals surface area (Å²) in [6, 6.07) is 20.7. The number of aliphatic hydroxyl groups is 1. The van der Waals surface area contributed by atoms with Crippen molar-refractivity contribution >= 4 is 0 Å². The van der Waals surface area contributed by atoms with Crippen LogP contribution in [0.3, 0.4) is 0 Å². The Hall–Kier alpha value is -1.64. The molecule has 1 N–H and O–H groups in total. The Morgan fingerprint density at radius 1 is 0.917 bits per heavy atom. The van der Waals surface area contributed by atoms with Gasteiger partial charge in [-0.3, -0.25) is 0 Å². The van der Waals surface area contributed by atoms with Gasteiger partial charge < -0.3 is 9.59 Å². The highest BCUT2D eigenvalue weighted by molar-refractivity contribution is 5.37. The van der Waals surface area contributed by atoms with E-state index in [-0.39, 0.29) is 0 Å². The maximum atomic E-state index is 12.1. The second-order valence-electron chi connectivity index (χ2n) is 7.73. The first-order chi connectivity index (χ1) is 11.7. The molecule has 0 spiro atoms. The molecule has 2 aromatic rings.